The van der Waals surface area contributed by atoms with Gasteiger partial charge >= 0.3 is 0 Å². The first-order chi connectivity index (χ1) is 12.3. The van der Waals surface area contributed by atoms with Gasteiger partial charge in [0.2, 0.25) is 0 Å². The van der Waals surface area contributed by atoms with Crippen LogP contribution < -0.4 is 5.73 Å². The Bertz CT molecular complexity index is 226. The molecule has 0 bridgehead atoms. The quantitative estimate of drug-likeness (QED) is 0.205. The standard InChI is InChI=1S/C24H51N/c1-3-5-7-9-11-13-15-17-19-21-23-24(25)22-20-18-16-14-12-10-8-6-4-2/h24H,3-23,25H2,1-2H3. The van der Waals surface area contributed by atoms with Crippen molar-refractivity contribution in [2.24, 2.45) is 5.73 Å². The van der Waals surface area contributed by atoms with E-state index >= 15 is 0 Å². The lowest BCUT2D eigenvalue weighted by molar-refractivity contribution is 0.479. The summed E-state index contributed by atoms with van der Waals surface area (Å²) in [6.45, 7) is 4.58. The highest BCUT2D eigenvalue weighted by Gasteiger charge is 2.02. The van der Waals surface area contributed by atoms with Gasteiger partial charge in [-0.2, -0.15) is 0 Å². The molecule has 0 aromatic rings. The fourth-order valence-corrected chi connectivity index (χ4v) is 3.76. The third kappa shape index (κ3) is 21.9. The lowest BCUT2D eigenvalue weighted by atomic mass is 10.0. The SMILES string of the molecule is CCCCCCCCCCCCC(N)CCCCCCCCCCC. The Labute approximate surface area is 160 Å². The number of rotatable bonds is 21. The maximum Gasteiger partial charge on any atom is 0.00388 e. The Kier molecular flexibility index (Phi) is 22.0. The third-order valence-corrected chi connectivity index (χ3v) is 5.61. The number of nitrogens with two attached hydrogens (primary N) is 1. The van der Waals surface area contributed by atoms with Crippen LogP contribution in [-0.2, 0) is 0 Å². The van der Waals surface area contributed by atoms with Gasteiger partial charge in [-0.15, -0.1) is 0 Å². The van der Waals surface area contributed by atoms with Crippen LogP contribution in [0, 0.1) is 0 Å². The Morgan fingerprint density at radius 3 is 0.920 bits per heavy atom. The predicted molar refractivity (Wildman–Crippen MR) is 116 cm³/mol. The van der Waals surface area contributed by atoms with Crippen molar-refractivity contribution in [1.82, 2.24) is 0 Å². The van der Waals surface area contributed by atoms with E-state index in [0.717, 1.165) is 0 Å². The van der Waals surface area contributed by atoms with Crippen molar-refractivity contribution in [3.8, 4) is 0 Å². The summed E-state index contributed by atoms with van der Waals surface area (Å²) in [5.74, 6) is 0. The molecule has 0 rings (SSSR count). The minimum Gasteiger partial charge on any atom is -0.328 e. The van der Waals surface area contributed by atoms with Crippen molar-refractivity contribution < 1.29 is 0 Å². The second-order valence-electron chi connectivity index (χ2n) is 8.35. The van der Waals surface area contributed by atoms with E-state index < -0.39 is 0 Å². The van der Waals surface area contributed by atoms with E-state index in [2.05, 4.69) is 13.8 Å². The molecule has 1 heteroatoms. The molecule has 0 fully saturated rings. The highest BCUT2D eigenvalue weighted by Crippen LogP contribution is 2.14. The molecule has 0 aliphatic rings. The van der Waals surface area contributed by atoms with Crippen LogP contribution in [0.4, 0.5) is 0 Å². The minimum atomic E-state index is 0.471. The molecule has 0 aromatic carbocycles. The van der Waals surface area contributed by atoms with E-state index in [1.807, 2.05) is 0 Å². The second kappa shape index (κ2) is 22.0. The van der Waals surface area contributed by atoms with Crippen LogP contribution in [0.25, 0.3) is 0 Å². The molecule has 0 spiro atoms. The lowest BCUT2D eigenvalue weighted by Crippen LogP contribution is -2.19. The van der Waals surface area contributed by atoms with Crippen LogP contribution in [0.3, 0.4) is 0 Å². The van der Waals surface area contributed by atoms with Gasteiger partial charge in [0.1, 0.15) is 0 Å². The molecule has 0 radical (unpaired) electrons. The highest BCUT2D eigenvalue weighted by atomic mass is 14.6. The normalized spacial score (nSPS) is 12.6. The zero-order chi connectivity index (χ0) is 18.4. The summed E-state index contributed by atoms with van der Waals surface area (Å²) in [5, 5.41) is 0. The van der Waals surface area contributed by atoms with E-state index in [1.165, 1.54) is 135 Å². The summed E-state index contributed by atoms with van der Waals surface area (Å²) in [4.78, 5) is 0. The zero-order valence-electron chi connectivity index (χ0n) is 18.0. The van der Waals surface area contributed by atoms with E-state index in [1.54, 1.807) is 0 Å². The molecule has 0 heterocycles. The van der Waals surface area contributed by atoms with Crippen molar-refractivity contribution in [3.63, 3.8) is 0 Å². The van der Waals surface area contributed by atoms with Gasteiger partial charge in [-0.25, -0.2) is 0 Å². The monoisotopic (exact) mass is 353 g/mol. The highest BCUT2D eigenvalue weighted by molar-refractivity contribution is 4.62. The molecule has 0 saturated carbocycles. The van der Waals surface area contributed by atoms with Gasteiger partial charge < -0.3 is 5.73 Å². The van der Waals surface area contributed by atoms with Crippen molar-refractivity contribution in [2.45, 2.75) is 155 Å². The molecular formula is C24H51N. The van der Waals surface area contributed by atoms with Crippen molar-refractivity contribution in [2.75, 3.05) is 0 Å². The number of unbranched alkanes of at least 4 members (excludes halogenated alkanes) is 17. The molecule has 152 valence electrons. The zero-order valence-corrected chi connectivity index (χ0v) is 18.0. The van der Waals surface area contributed by atoms with Crippen LogP contribution in [0.15, 0.2) is 0 Å². The molecule has 1 nitrogen and oxygen atoms in total. The fraction of sp³-hybridized carbons (Fsp3) is 1.00. The van der Waals surface area contributed by atoms with Crippen LogP contribution in [0.5, 0.6) is 0 Å². The largest absolute Gasteiger partial charge is 0.328 e. The summed E-state index contributed by atoms with van der Waals surface area (Å²) < 4.78 is 0. The van der Waals surface area contributed by atoms with E-state index in [9.17, 15) is 0 Å². The molecule has 0 saturated heterocycles. The molecular weight excluding hydrogens is 302 g/mol. The van der Waals surface area contributed by atoms with Crippen LogP contribution in [0.1, 0.15) is 149 Å². The van der Waals surface area contributed by atoms with Crippen LogP contribution >= 0.6 is 0 Å². The van der Waals surface area contributed by atoms with Gasteiger partial charge in [-0.3, -0.25) is 0 Å². The maximum absolute atomic E-state index is 6.28. The Balaban J connectivity index is 3.12. The molecule has 25 heavy (non-hydrogen) atoms. The van der Waals surface area contributed by atoms with Gasteiger partial charge in [0.15, 0.2) is 0 Å². The molecule has 1 atom stereocenters. The maximum atomic E-state index is 6.28. The molecule has 0 aliphatic carbocycles. The lowest BCUT2D eigenvalue weighted by Gasteiger charge is -2.11. The van der Waals surface area contributed by atoms with Crippen molar-refractivity contribution >= 4 is 0 Å². The van der Waals surface area contributed by atoms with Crippen molar-refractivity contribution in [1.29, 1.82) is 0 Å². The Morgan fingerprint density at radius 1 is 0.400 bits per heavy atom. The number of hydrogen-bond acceptors (Lipinski definition) is 1. The minimum absolute atomic E-state index is 0.471. The van der Waals surface area contributed by atoms with Gasteiger partial charge in [0.25, 0.3) is 0 Å². The summed E-state index contributed by atoms with van der Waals surface area (Å²) >= 11 is 0. The summed E-state index contributed by atoms with van der Waals surface area (Å²) in [6, 6.07) is 0.471. The molecule has 0 aliphatic heterocycles. The summed E-state index contributed by atoms with van der Waals surface area (Å²) in [5.41, 5.74) is 6.28. The van der Waals surface area contributed by atoms with Gasteiger partial charge in [-0.1, -0.05) is 136 Å². The first-order valence-corrected chi connectivity index (χ1v) is 12.1. The summed E-state index contributed by atoms with van der Waals surface area (Å²) in [6.07, 6.45) is 29.5. The fourth-order valence-electron chi connectivity index (χ4n) is 3.76. The second-order valence-corrected chi connectivity index (χ2v) is 8.35. The number of hydrogen-bond donors (Lipinski definition) is 1. The molecule has 0 amide bonds. The smallest absolute Gasteiger partial charge is 0.00388 e. The average Bonchev–Trinajstić information content (AvgIpc) is 2.62. The van der Waals surface area contributed by atoms with E-state index in [4.69, 9.17) is 5.73 Å². The van der Waals surface area contributed by atoms with Crippen molar-refractivity contribution in [3.05, 3.63) is 0 Å². The Morgan fingerprint density at radius 2 is 0.640 bits per heavy atom. The first kappa shape index (κ1) is 25.0. The predicted octanol–water partition coefficient (Wildman–Crippen LogP) is 8.55. The van der Waals surface area contributed by atoms with Gasteiger partial charge in [0.05, 0.1) is 0 Å². The molecule has 0 aromatic heterocycles. The topological polar surface area (TPSA) is 26.0 Å². The summed E-state index contributed by atoms with van der Waals surface area (Å²) in [7, 11) is 0. The van der Waals surface area contributed by atoms with E-state index in [0.29, 0.717) is 6.04 Å². The van der Waals surface area contributed by atoms with Crippen LogP contribution in [-0.4, -0.2) is 6.04 Å². The van der Waals surface area contributed by atoms with Gasteiger partial charge in [0, 0.05) is 6.04 Å². The van der Waals surface area contributed by atoms with E-state index in [-0.39, 0.29) is 0 Å². The van der Waals surface area contributed by atoms with Crippen LogP contribution in [0.2, 0.25) is 0 Å². The third-order valence-electron chi connectivity index (χ3n) is 5.61. The Hall–Kier alpha value is -0.0400. The molecule has 2 N–H and O–H groups in total. The molecule has 1 unspecified atom stereocenters. The first-order valence-electron chi connectivity index (χ1n) is 12.1. The average molecular weight is 354 g/mol. The van der Waals surface area contributed by atoms with Gasteiger partial charge in [-0.05, 0) is 12.8 Å².